The molecule has 0 saturated carbocycles. The average molecular weight is 656 g/mol. The SMILES string of the molecule is O=C(/C=C(\O)c1cc(Cc2c(F)cc(F)cc2F)cn(Cc2ccccc2F)c1=O)C(=O)N1CCN(c2cccc3ccccc23)CC1. The van der Waals surface area contributed by atoms with E-state index in [1.807, 2.05) is 42.5 Å². The molecule has 1 N–H and O–H groups in total. The fourth-order valence-corrected chi connectivity index (χ4v) is 5.90. The van der Waals surface area contributed by atoms with Crippen molar-refractivity contribution in [1.82, 2.24) is 9.47 Å². The number of amides is 1. The van der Waals surface area contributed by atoms with Gasteiger partial charge in [0.2, 0.25) is 5.78 Å². The van der Waals surface area contributed by atoms with Crippen LogP contribution in [0.5, 0.6) is 0 Å². The summed E-state index contributed by atoms with van der Waals surface area (Å²) in [5.41, 5.74) is -0.590. The first kappa shape index (κ1) is 32.2. The van der Waals surface area contributed by atoms with Crippen molar-refractivity contribution in [3.8, 4) is 0 Å². The lowest BCUT2D eigenvalue weighted by atomic mass is 10.0. The van der Waals surface area contributed by atoms with Gasteiger partial charge < -0.3 is 19.5 Å². The fourth-order valence-electron chi connectivity index (χ4n) is 5.90. The van der Waals surface area contributed by atoms with Crippen molar-refractivity contribution in [2.75, 3.05) is 31.1 Å². The highest BCUT2D eigenvalue weighted by Crippen LogP contribution is 2.28. The number of carbonyl (C=O) groups excluding carboxylic acids is 2. The molecule has 0 radical (unpaired) electrons. The quantitative estimate of drug-likeness (QED) is 0.0959. The first-order chi connectivity index (χ1) is 23.1. The van der Waals surface area contributed by atoms with Crippen LogP contribution in [0.25, 0.3) is 16.5 Å². The van der Waals surface area contributed by atoms with Gasteiger partial charge in [-0.05, 0) is 29.1 Å². The van der Waals surface area contributed by atoms with E-state index < -0.39 is 63.8 Å². The number of rotatable bonds is 8. The Hall–Kier alpha value is -5.71. The van der Waals surface area contributed by atoms with Crippen molar-refractivity contribution in [3.05, 3.63) is 153 Å². The molecule has 244 valence electrons. The molecule has 0 bridgehead atoms. The molecule has 0 atom stereocenters. The molecule has 6 rings (SSSR count). The molecule has 1 aromatic heterocycles. The Balaban J connectivity index is 1.25. The standard InChI is InChI=1S/C37H29F4N3O4/c38-26-18-31(40)28(32(41)19-26)16-23-17-29(36(47)44(21-23)22-25-7-2-4-10-30(25)39)34(45)20-35(46)37(48)43-14-12-42(13-15-43)33-11-5-8-24-6-1-3-9-27(24)33/h1-11,17-21,45H,12-16,22H2/b34-20-. The maximum absolute atomic E-state index is 14.5. The van der Waals surface area contributed by atoms with E-state index in [1.54, 1.807) is 6.07 Å². The topological polar surface area (TPSA) is 82.8 Å². The molecule has 5 aromatic rings. The van der Waals surface area contributed by atoms with E-state index in [1.165, 1.54) is 29.3 Å². The van der Waals surface area contributed by atoms with Gasteiger partial charge in [-0.25, -0.2) is 17.6 Å². The van der Waals surface area contributed by atoms with E-state index in [0.29, 0.717) is 31.3 Å². The summed E-state index contributed by atoms with van der Waals surface area (Å²) in [6.07, 6.45) is 1.40. The third-order valence-corrected chi connectivity index (χ3v) is 8.36. The lowest BCUT2D eigenvalue weighted by Gasteiger charge is -2.36. The lowest BCUT2D eigenvalue weighted by molar-refractivity contribution is -0.142. The molecule has 1 aliphatic rings. The van der Waals surface area contributed by atoms with Crippen molar-refractivity contribution in [1.29, 1.82) is 0 Å². The Morgan fingerprint density at radius 1 is 0.792 bits per heavy atom. The maximum Gasteiger partial charge on any atom is 0.294 e. The molecule has 0 spiro atoms. The fraction of sp³-hybridized carbons (Fsp3) is 0.162. The number of aliphatic hydroxyl groups is 1. The van der Waals surface area contributed by atoms with Gasteiger partial charge in [0.15, 0.2) is 0 Å². The zero-order chi connectivity index (χ0) is 33.9. The van der Waals surface area contributed by atoms with Crippen LogP contribution in [0, 0.1) is 23.3 Å². The predicted octanol–water partition coefficient (Wildman–Crippen LogP) is 6.01. The van der Waals surface area contributed by atoms with Crippen molar-refractivity contribution in [3.63, 3.8) is 0 Å². The molecule has 4 aromatic carbocycles. The number of hydrogen-bond donors (Lipinski definition) is 1. The summed E-state index contributed by atoms with van der Waals surface area (Å²) in [5, 5.41) is 13.1. The van der Waals surface area contributed by atoms with Gasteiger partial charge in [-0.15, -0.1) is 0 Å². The molecule has 0 aliphatic carbocycles. The highest BCUT2D eigenvalue weighted by atomic mass is 19.1. The van der Waals surface area contributed by atoms with E-state index in [2.05, 4.69) is 4.90 Å². The normalized spacial score (nSPS) is 13.6. The number of halogens is 4. The second kappa shape index (κ2) is 13.6. The molecule has 0 unspecified atom stereocenters. The Labute approximate surface area is 272 Å². The first-order valence-electron chi connectivity index (χ1n) is 15.2. The van der Waals surface area contributed by atoms with Crippen LogP contribution in [0.1, 0.15) is 22.3 Å². The summed E-state index contributed by atoms with van der Waals surface area (Å²) < 4.78 is 58.1. The number of anilines is 1. The molecule has 2 heterocycles. The number of aliphatic hydroxyl groups excluding tert-OH is 1. The summed E-state index contributed by atoms with van der Waals surface area (Å²) in [5.74, 6) is -6.86. The summed E-state index contributed by atoms with van der Waals surface area (Å²) >= 11 is 0. The van der Waals surface area contributed by atoms with E-state index in [-0.39, 0.29) is 30.8 Å². The average Bonchev–Trinajstić information content (AvgIpc) is 3.08. The van der Waals surface area contributed by atoms with Crippen LogP contribution in [0.15, 0.2) is 102 Å². The predicted molar refractivity (Wildman–Crippen MR) is 174 cm³/mol. The van der Waals surface area contributed by atoms with Gasteiger partial charge in [-0.3, -0.25) is 14.4 Å². The van der Waals surface area contributed by atoms with Gasteiger partial charge >= 0.3 is 0 Å². The zero-order valence-electron chi connectivity index (χ0n) is 25.5. The minimum Gasteiger partial charge on any atom is -0.507 e. The second-order valence-corrected chi connectivity index (χ2v) is 11.5. The number of nitrogens with zero attached hydrogens (tertiary/aromatic N) is 3. The molecular formula is C37H29F4N3O4. The minimum absolute atomic E-state index is 0.0913. The van der Waals surface area contributed by atoms with Crippen LogP contribution in [0.2, 0.25) is 0 Å². The lowest BCUT2D eigenvalue weighted by Crippen LogP contribution is -2.50. The van der Waals surface area contributed by atoms with Crippen molar-refractivity contribution >= 4 is 33.9 Å². The van der Waals surface area contributed by atoms with E-state index in [9.17, 15) is 37.1 Å². The summed E-state index contributed by atoms with van der Waals surface area (Å²) in [6, 6.07) is 21.7. The van der Waals surface area contributed by atoms with E-state index >= 15 is 0 Å². The Morgan fingerprint density at radius 3 is 2.19 bits per heavy atom. The Morgan fingerprint density at radius 2 is 1.46 bits per heavy atom. The number of fused-ring (bicyclic) bond motifs is 1. The van der Waals surface area contributed by atoms with Crippen LogP contribution in [-0.4, -0.2) is 52.4 Å². The smallest absolute Gasteiger partial charge is 0.294 e. The van der Waals surface area contributed by atoms with Crippen LogP contribution in [0.3, 0.4) is 0 Å². The van der Waals surface area contributed by atoms with Crippen molar-refractivity contribution < 1.29 is 32.3 Å². The van der Waals surface area contributed by atoms with Crippen LogP contribution in [-0.2, 0) is 22.6 Å². The van der Waals surface area contributed by atoms with Gasteiger partial charge in [-0.1, -0.05) is 54.6 Å². The first-order valence-corrected chi connectivity index (χ1v) is 15.2. The third-order valence-electron chi connectivity index (χ3n) is 8.36. The number of piperazine rings is 1. The van der Waals surface area contributed by atoms with Crippen LogP contribution >= 0.6 is 0 Å². The number of aromatic nitrogens is 1. The molecule has 1 fully saturated rings. The number of carbonyl (C=O) groups is 2. The Bertz CT molecular complexity index is 2110. The van der Waals surface area contributed by atoms with E-state index in [0.717, 1.165) is 27.1 Å². The van der Waals surface area contributed by atoms with Crippen molar-refractivity contribution in [2.24, 2.45) is 0 Å². The molecule has 11 heteroatoms. The third kappa shape index (κ3) is 6.71. The van der Waals surface area contributed by atoms with Crippen LogP contribution in [0.4, 0.5) is 23.2 Å². The van der Waals surface area contributed by atoms with Gasteiger partial charge in [0, 0.05) is 79.2 Å². The van der Waals surface area contributed by atoms with Crippen LogP contribution < -0.4 is 10.5 Å². The highest BCUT2D eigenvalue weighted by Gasteiger charge is 2.27. The summed E-state index contributed by atoms with van der Waals surface area (Å²) in [6.45, 7) is 1.08. The largest absolute Gasteiger partial charge is 0.507 e. The molecule has 1 aliphatic heterocycles. The molecule has 7 nitrogen and oxygen atoms in total. The molecule has 1 amide bonds. The highest BCUT2D eigenvalue weighted by molar-refractivity contribution is 6.41. The maximum atomic E-state index is 14.5. The van der Waals surface area contributed by atoms with Gasteiger partial charge in [0.05, 0.1) is 12.1 Å². The molecular weight excluding hydrogens is 626 g/mol. The number of benzene rings is 4. The number of ketones is 1. The minimum atomic E-state index is -1.16. The van der Waals surface area contributed by atoms with E-state index in [4.69, 9.17) is 0 Å². The monoisotopic (exact) mass is 655 g/mol. The number of pyridine rings is 1. The van der Waals surface area contributed by atoms with Gasteiger partial charge in [-0.2, -0.15) is 0 Å². The molecule has 1 saturated heterocycles. The summed E-state index contributed by atoms with van der Waals surface area (Å²) in [7, 11) is 0. The number of hydrogen-bond acceptors (Lipinski definition) is 5. The van der Waals surface area contributed by atoms with Gasteiger partial charge in [0.1, 0.15) is 29.0 Å². The Kier molecular flexibility index (Phi) is 9.11. The van der Waals surface area contributed by atoms with Crippen molar-refractivity contribution in [2.45, 2.75) is 13.0 Å². The van der Waals surface area contributed by atoms with Gasteiger partial charge in [0.25, 0.3) is 11.5 Å². The summed E-state index contributed by atoms with van der Waals surface area (Å²) in [4.78, 5) is 43.1. The molecule has 48 heavy (non-hydrogen) atoms. The second-order valence-electron chi connectivity index (χ2n) is 11.5. The zero-order valence-corrected chi connectivity index (χ0v) is 25.5.